The van der Waals surface area contributed by atoms with Crippen molar-refractivity contribution < 1.29 is 22.7 Å². The second-order valence-corrected chi connectivity index (χ2v) is 5.98. The predicted molar refractivity (Wildman–Crippen MR) is 86.8 cm³/mol. The standard InChI is InChI=1S/C13H17N3O5S2/c1-14-22-13(18)16(2)12(17)11(8-15-23(19)20)9-4-6-10(21-3)7-5-9/h4-7,11,14H,8H2,1-3H3. The normalized spacial score (nSPS) is 11.4. The first-order valence-electron chi connectivity index (χ1n) is 6.46. The van der Waals surface area contributed by atoms with Crippen LogP contribution >= 0.6 is 11.9 Å². The van der Waals surface area contributed by atoms with E-state index in [1.54, 1.807) is 31.3 Å². The molecule has 0 radical (unpaired) electrons. The number of hydrogen-bond acceptors (Lipinski definition) is 8. The summed E-state index contributed by atoms with van der Waals surface area (Å²) in [6.45, 7) is -0.275. The van der Waals surface area contributed by atoms with Gasteiger partial charge in [0.2, 0.25) is 5.91 Å². The second kappa shape index (κ2) is 9.28. The largest absolute Gasteiger partial charge is 0.497 e. The molecule has 1 rings (SSSR count). The van der Waals surface area contributed by atoms with Gasteiger partial charge >= 0.3 is 15.7 Å². The zero-order valence-corrected chi connectivity index (χ0v) is 14.5. The van der Waals surface area contributed by atoms with Gasteiger partial charge in [-0.2, -0.15) is 12.8 Å². The monoisotopic (exact) mass is 359 g/mol. The lowest BCUT2D eigenvalue weighted by molar-refractivity contribution is -0.128. The summed E-state index contributed by atoms with van der Waals surface area (Å²) in [4.78, 5) is 25.2. The topological polar surface area (TPSA) is 105 Å². The molecule has 0 aliphatic carbocycles. The minimum absolute atomic E-state index is 0.275. The zero-order chi connectivity index (χ0) is 17.4. The Balaban J connectivity index is 3.10. The average molecular weight is 359 g/mol. The van der Waals surface area contributed by atoms with Gasteiger partial charge in [-0.05, 0) is 24.7 Å². The third-order valence-corrected chi connectivity index (χ3v) is 3.99. The van der Waals surface area contributed by atoms with Crippen LogP contribution in [0.5, 0.6) is 5.75 Å². The van der Waals surface area contributed by atoms with Crippen molar-refractivity contribution in [2.45, 2.75) is 5.92 Å². The fourth-order valence-corrected chi connectivity index (χ4v) is 2.45. The molecule has 1 aromatic rings. The van der Waals surface area contributed by atoms with Crippen LogP contribution in [-0.4, -0.2) is 52.2 Å². The summed E-state index contributed by atoms with van der Waals surface area (Å²) in [7, 11) is 1.76. The number of carbonyl (C=O) groups is 2. The molecule has 2 amide bonds. The summed E-state index contributed by atoms with van der Waals surface area (Å²) in [5.41, 5.74) is 0.541. The summed E-state index contributed by atoms with van der Waals surface area (Å²) in [5.74, 6) is -0.832. The number of amides is 2. The van der Waals surface area contributed by atoms with Crippen LogP contribution in [0.3, 0.4) is 0 Å². The van der Waals surface area contributed by atoms with E-state index in [0.29, 0.717) is 11.3 Å². The molecule has 126 valence electrons. The highest BCUT2D eigenvalue weighted by atomic mass is 32.2. The van der Waals surface area contributed by atoms with E-state index in [1.165, 1.54) is 14.2 Å². The van der Waals surface area contributed by atoms with Gasteiger partial charge in [0, 0.05) is 19.0 Å². The first kappa shape index (κ1) is 19.1. The molecule has 0 fully saturated rings. The smallest absolute Gasteiger partial charge is 0.311 e. The number of methoxy groups -OCH3 is 1. The fraction of sp³-hybridized carbons (Fsp3) is 0.385. The number of rotatable bonds is 6. The molecule has 1 aromatic carbocycles. The molecule has 1 unspecified atom stereocenters. The third-order valence-electron chi connectivity index (χ3n) is 2.97. The number of ether oxygens (including phenoxy) is 1. The van der Waals surface area contributed by atoms with Crippen molar-refractivity contribution in [3.63, 3.8) is 0 Å². The van der Waals surface area contributed by atoms with Gasteiger partial charge in [0.25, 0.3) is 0 Å². The summed E-state index contributed by atoms with van der Waals surface area (Å²) in [6.07, 6.45) is 0. The highest BCUT2D eigenvalue weighted by Gasteiger charge is 2.27. The van der Waals surface area contributed by atoms with E-state index in [0.717, 1.165) is 16.8 Å². The molecule has 8 nitrogen and oxygen atoms in total. The van der Waals surface area contributed by atoms with Crippen LogP contribution in [-0.2, 0) is 15.3 Å². The molecular formula is C13H17N3O5S2. The van der Waals surface area contributed by atoms with Crippen LogP contribution in [0.15, 0.2) is 28.6 Å². The molecule has 1 atom stereocenters. The van der Waals surface area contributed by atoms with E-state index in [-0.39, 0.29) is 6.54 Å². The number of nitrogens with zero attached hydrogens (tertiary/aromatic N) is 2. The number of benzene rings is 1. The van der Waals surface area contributed by atoms with Crippen LogP contribution in [0.1, 0.15) is 11.5 Å². The van der Waals surface area contributed by atoms with Crippen molar-refractivity contribution in [2.75, 3.05) is 27.7 Å². The van der Waals surface area contributed by atoms with E-state index >= 15 is 0 Å². The van der Waals surface area contributed by atoms with Crippen LogP contribution in [0, 0.1) is 0 Å². The Labute approximate surface area is 140 Å². The predicted octanol–water partition coefficient (Wildman–Crippen LogP) is 1.29. The minimum Gasteiger partial charge on any atom is -0.497 e. The van der Waals surface area contributed by atoms with Crippen molar-refractivity contribution >= 4 is 33.6 Å². The van der Waals surface area contributed by atoms with E-state index in [9.17, 15) is 18.0 Å². The minimum atomic E-state index is -2.63. The molecule has 0 aliphatic rings. The molecule has 1 N–H and O–H groups in total. The van der Waals surface area contributed by atoms with E-state index < -0.39 is 27.6 Å². The number of carbonyl (C=O) groups excluding carboxylic acids is 2. The third kappa shape index (κ3) is 5.66. The SMILES string of the molecule is CNSC(=O)N(C)C(=O)C(CN=S(=O)=O)c1ccc(OC)cc1. The van der Waals surface area contributed by atoms with Crippen LogP contribution in [0.2, 0.25) is 0 Å². The summed E-state index contributed by atoms with van der Waals surface area (Å²) < 4.78 is 32.3. The van der Waals surface area contributed by atoms with E-state index in [1.807, 2.05) is 0 Å². The molecular weight excluding hydrogens is 342 g/mol. The molecule has 0 aliphatic heterocycles. The maximum absolute atomic E-state index is 12.5. The van der Waals surface area contributed by atoms with E-state index in [4.69, 9.17) is 4.74 Å². The average Bonchev–Trinajstić information content (AvgIpc) is 2.54. The molecule has 23 heavy (non-hydrogen) atoms. The molecule has 0 spiro atoms. The van der Waals surface area contributed by atoms with Crippen LogP contribution in [0.4, 0.5) is 4.79 Å². The number of likely N-dealkylation sites (N-methyl/N-ethyl adjacent to an activating group) is 1. The lowest BCUT2D eigenvalue weighted by atomic mass is 9.98. The molecule has 10 heteroatoms. The molecule has 0 saturated carbocycles. The molecule has 0 saturated heterocycles. The zero-order valence-electron chi connectivity index (χ0n) is 12.8. The quantitative estimate of drug-likeness (QED) is 0.763. The van der Waals surface area contributed by atoms with Crippen molar-refractivity contribution in [2.24, 2.45) is 4.36 Å². The van der Waals surface area contributed by atoms with Crippen molar-refractivity contribution in [1.29, 1.82) is 0 Å². The van der Waals surface area contributed by atoms with Crippen LogP contribution < -0.4 is 9.46 Å². The lowest BCUT2D eigenvalue weighted by Gasteiger charge is -2.21. The summed E-state index contributed by atoms with van der Waals surface area (Å²) in [6, 6.07) is 6.56. The maximum Gasteiger partial charge on any atom is 0.311 e. The molecule has 0 bridgehead atoms. The first-order chi connectivity index (χ1) is 10.9. The number of hydrogen-bond donors (Lipinski definition) is 1. The van der Waals surface area contributed by atoms with Gasteiger partial charge in [0.1, 0.15) is 5.75 Å². The maximum atomic E-state index is 12.5. The number of nitrogens with one attached hydrogen (secondary N) is 1. The second-order valence-electron chi connectivity index (χ2n) is 4.32. The van der Waals surface area contributed by atoms with Gasteiger partial charge in [-0.25, -0.2) is 0 Å². The van der Waals surface area contributed by atoms with Gasteiger partial charge in [-0.3, -0.25) is 19.2 Å². The Hall–Kier alpha value is -1.91. The van der Waals surface area contributed by atoms with Gasteiger partial charge in [0.15, 0.2) is 0 Å². The van der Waals surface area contributed by atoms with Crippen molar-refractivity contribution in [3.05, 3.63) is 29.8 Å². The lowest BCUT2D eigenvalue weighted by Crippen LogP contribution is -2.36. The van der Waals surface area contributed by atoms with Crippen LogP contribution in [0.25, 0.3) is 0 Å². The Morgan fingerprint density at radius 3 is 2.43 bits per heavy atom. The summed E-state index contributed by atoms with van der Waals surface area (Å²) >= 11 is 0.755. The van der Waals surface area contributed by atoms with Gasteiger partial charge in [-0.15, -0.1) is 0 Å². The fourth-order valence-electron chi connectivity index (χ4n) is 1.78. The first-order valence-corrected chi connectivity index (χ1v) is 8.31. The molecule has 0 aromatic heterocycles. The summed E-state index contributed by atoms with van der Waals surface area (Å²) in [5, 5.41) is -0.501. The van der Waals surface area contributed by atoms with Gasteiger partial charge in [0.05, 0.1) is 19.6 Å². The van der Waals surface area contributed by atoms with Gasteiger partial charge in [-0.1, -0.05) is 12.1 Å². The van der Waals surface area contributed by atoms with Crippen molar-refractivity contribution in [1.82, 2.24) is 9.62 Å². The highest BCUT2D eigenvalue weighted by molar-refractivity contribution is 8.11. The number of imide groups is 1. The Kier molecular flexibility index (Phi) is 7.72. The van der Waals surface area contributed by atoms with Crippen molar-refractivity contribution in [3.8, 4) is 5.75 Å². The Bertz CT molecular complexity index is 680. The van der Waals surface area contributed by atoms with Gasteiger partial charge < -0.3 is 4.74 Å². The van der Waals surface area contributed by atoms with E-state index in [2.05, 4.69) is 9.08 Å². The Morgan fingerprint density at radius 2 is 1.96 bits per heavy atom. The highest BCUT2D eigenvalue weighted by Crippen LogP contribution is 2.23. The molecule has 0 heterocycles. The Morgan fingerprint density at radius 1 is 1.35 bits per heavy atom.